The van der Waals surface area contributed by atoms with Crippen LogP contribution in [-0.4, -0.2) is 45.2 Å². The van der Waals surface area contributed by atoms with Crippen LogP contribution in [0.25, 0.3) is 0 Å². The van der Waals surface area contributed by atoms with Gasteiger partial charge in [0.25, 0.3) is 5.91 Å². The molecule has 1 aliphatic heterocycles. The lowest BCUT2D eigenvalue weighted by molar-refractivity contribution is -0.130. The van der Waals surface area contributed by atoms with E-state index in [9.17, 15) is 9.59 Å². The summed E-state index contributed by atoms with van der Waals surface area (Å²) in [5, 5.41) is 5.82. The first kappa shape index (κ1) is 21.3. The number of methoxy groups -OCH3 is 1. The van der Waals surface area contributed by atoms with Crippen LogP contribution in [0.15, 0.2) is 53.0 Å². The van der Waals surface area contributed by atoms with Crippen molar-refractivity contribution in [3.8, 4) is 5.75 Å². The van der Waals surface area contributed by atoms with Crippen LogP contribution in [0.3, 0.4) is 0 Å². The van der Waals surface area contributed by atoms with Crippen molar-refractivity contribution in [2.24, 2.45) is 0 Å². The normalized spacial score (nSPS) is 15.4. The molecule has 0 bridgehead atoms. The van der Waals surface area contributed by atoms with Crippen molar-refractivity contribution in [3.05, 3.63) is 64.1 Å². The molecule has 29 heavy (non-hydrogen) atoms. The molecule has 0 spiro atoms. The van der Waals surface area contributed by atoms with E-state index in [1.54, 1.807) is 31.4 Å². The summed E-state index contributed by atoms with van der Waals surface area (Å²) in [4.78, 5) is 25.3. The Morgan fingerprint density at radius 1 is 1.00 bits per heavy atom. The van der Waals surface area contributed by atoms with E-state index in [1.165, 1.54) is 0 Å². The van der Waals surface area contributed by atoms with Gasteiger partial charge in [0.2, 0.25) is 5.91 Å². The molecule has 1 heterocycles. The number of carbonyl (C=O) groups excluding carboxylic acids is 2. The van der Waals surface area contributed by atoms with Gasteiger partial charge in [-0.1, -0.05) is 28.1 Å². The van der Waals surface area contributed by atoms with E-state index in [0.717, 1.165) is 10.0 Å². The van der Waals surface area contributed by atoms with Crippen LogP contribution in [0, 0.1) is 0 Å². The summed E-state index contributed by atoms with van der Waals surface area (Å²) in [7, 11) is 1.58. The van der Waals surface area contributed by atoms with E-state index >= 15 is 0 Å². The highest BCUT2D eigenvalue weighted by molar-refractivity contribution is 9.10. The topological polar surface area (TPSA) is 76.7 Å². The number of rotatable bonds is 7. The van der Waals surface area contributed by atoms with E-state index < -0.39 is 5.41 Å². The second-order valence-corrected chi connectivity index (χ2v) is 7.86. The third-order valence-electron chi connectivity index (χ3n) is 5.23. The first-order chi connectivity index (χ1) is 14.0. The van der Waals surface area contributed by atoms with Gasteiger partial charge in [0.05, 0.1) is 12.5 Å². The average Bonchev–Trinajstić information content (AvgIpc) is 2.77. The first-order valence-electron chi connectivity index (χ1n) is 9.59. The highest BCUT2D eigenvalue weighted by Gasteiger charge is 2.41. The highest BCUT2D eigenvalue weighted by Crippen LogP contribution is 2.35. The molecule has 7 heteroatoms. The Morgan fingerprint density at radius 2 is 1.62 bits per heavy atom. The van der Waals surface area contributed by atoms with Gasteiger partial charge in [-0.15, -0.1) is 0 Å². The van der Waals surface area contributed by atoms with Gasteiger partial charge in [-0.05, 0) is 54.8 Å². The lowest BCUT2D eigenvalue weighted by atomic mass is 9.73. The molecular weight excluding hydrogens is 436 g/mol. The molecule has 154 valence electrons. The van der Waals surface area contributed by atoms with Crippen LogP contribution in [0.1, 0.15) is 28.8 Å². The van der Waals surface area contributed by atoms with Crippen LogP contribution in [0.4, 0.5) is 0 Å². The van der Waals surface area contributed by atoms with Crippen molar-refractivity contribution in [2.75, 3.05) is 33.4 Å². The Hall–Kier alpha value is -2.38. The number of amides is 2. The van der Waals surface area contributed by atoms with Gasteiger partial charge >= 0.3 is 0 Å². The molecule has 2 N–H and O–H groups in total. The summed E-state index contributed by atoms with van der Waals surface area (Å²) in [6.45, 7) is 1.82. The Morgan fingerprint density at radius 3 is 2.24 bits per heavy atom. The predicted molar refractivity (Wildman–Crippen MR) is 114 cm³/mol. The lowest BCUT2D eigenvalue weighted by Gasteiger charge is -2.36. The molecular formula is C22H25BrN2O4. The maximum atomic E-state index is 13.1. The van der Waals surface area contributed by atoms with Crippen molar-refractivity contribution < 1.29 is 19.1 Å². The van der Waals surface area contributed by atoms with Crippen LogP contribution in [-0.2, 0) is 14.9 Å². The SMILES string of the molecule is COc1ccc(C(=O)NCCNC(=O)C2(c3ccc(Br)cc3)CCOCC2)cc1. The van der Waals surface area contributed by atoms with E-state index in [-0.39, 0.29) is 11.8 Å². The fourth-order valence-corrected chi connectivity index (χ4v) is 3.77. The second-order valence-electron chi connectivity index (χ2n) is 6.94. The molecule has 3 rings (SSSR count). The highest BCUT2D eigenvalue weighted by atomic mass is 79.9. The summed E-state index contributed by atoms with van der Waals surface area (Å²) in [6.07, 6.45) is 1.28. The summed E-state index contributed by atoms with van der Waals surface area (Å²) in [5.74, 6) is 0.487. The molecule has 0 saturated carbocycles. The van der Waals surface area contributed by atoms with E-state index in [4.69, 9.17) is 9.47 Å². The monoisotopic (exact) mass is 460 g/mol. The third-order valence-corrected chi connectivity index (χ3v) is 5.75. The summed E-state index contributed by atoms with van der Waals surface area (Å²) in [5.41, 5.74) is 0.940. The van der Waals surface area contributed by atoms with Crippen molar-refractivity contribution in [1.82, 2.24) is 10.6 Å². The minimum Gasteiger partial charge on any atom is -0.497 e. The number of halogens is 1. The Bertz CT molecular complexity index is 831. The summed E-state index contributed by atoms with van der Waals surface area (Å²) >= 11 is 3.44. The third kappa shape index (κ3) is 5.16. The van der Waals surface area contributed by atoms with Crippen molar-refractivity contribution >= 4 is 27.7 Å². The fraction of sp³-hybridized carbons (Fsp3) is 0.364. The maximum Gasteiger partial charge on any atom is 0.251 e. The number of ether oxygens (including phenoxy) is 2. The Labute approximate surface area is 179 Å². The molecule has 6 nitrogen and oxygen atoms in total. The predicted octanol–water partition coefficient (Wildman–Crippen LogP) is 3.05. The number of hydrogen-bond donors (Lipinski definition) is 2. The average molecular weight is 461 g/mol. The molecule has 0 unspecified atom stereocenters. The quantitative estimate of drug-likeness (QED) is 0.622. The van der Waals surface area contributed by atoms with Crippen molar-refractivity contribution in [2.45, 2.75) is 18.3 Å². The number of carbonyl (C=O) groups is 2. The number of hydrogen-bond acceptors (Lipinski definition) is 4. The van der Waals surface area contributed by atoms with Gasteiger partial charge in [-0.3, -0.25) is 9.59 Å². The van der Waals surface area contributed by atoms with Crippen LogP contribution in [0.5, 0.6) is 5.75 Å². The van der Waals surface area contributed by atoms with E-state index in [2.05, 4.69) is 26.6 Å². The molecule has 2 aromatic rings. The smallest absolute Gasteiger partial charge is 0.251 e. The van der Waals surface area contributed by atoms with Crippen molar-refractivity contribution in [3.63, 3.8) is 0 Å². The summed E-state index contributed by atoms with van der Waals surface area (Å²) in [6, 6.07) is 14.8. The number of nitrogens with one attached hydrogen (secondary N) is 2. The second kappa shape index (κ2) is 9.89. The molecule has 0 aliphatic carbocycles. The van der Waals surface area contributed by atoms with Gasteiger partial charge in [0.15, 0.2) is 0 Å². The Balaban J connectivity index is 1.56. The molecule has 0 aromatic heterocycles. The van der Waals surface area contributed by atoms with E-state index in [0.29, 0.717) is 50.5 Å². The minimum atomic E-state index is -0.598. The van der Waals surface area contributed by atoms with Crippen LogP contribution < -0.4 is 15.4 Å². The lowest BCUT2D eigenvalue weighted by Crippen LogP contribution is -2.49. The van der Waals surface area contributed by atoms with E-state index in [1.807, 2.05) is 24.3 Å². The molecule has 2 aromatic carbocycles. The summed E-state index contributed by atoms with van der Waals surface area (Å²) < 4.78 is 11.6. The van der Waals surface area contributed by atoms with Gasteiger partial charge in [-0.2, -0.15) is 0 Å². The number of benzene rings is 2. The zero-order valence-electron chi connectivity index (χ0n) is 16.4. The molecule has 1 fully saturated rings. The molecule has 2 amide bonds. The molecule has 1 saturated heterocycles. The largest absolute Gasteiger partial charge is 0.497 e. The molecule has 0 atom stereocenters. The fourth-order valence-electron chi connectivity index (χ4n) is 3.50. The van der Waals surface area contributed by atoms with Gasteiger partial charge in [-0.25, -0.2) is 0 Å². The molecule has 1 aliphatic rings. The zero-order chi connectivity index (χ0) is 20.7. The van der Waals surface area contributed by atoms with Gasteiger partial charge in [0.1, 0.15) is 5.75 Å². The molecule has 0 radical (unpaired) electrons. The van der Waals surface area contributed by atoms with Crippen LogP contribution in [0.2, 0.25) is 0 Å². The van der Waals surface area contributed by atoms with Gasteiger partial charge < -0.3 is 20.1 Å². The standard InChI is InChI=1S/C22H25BrN2O4/c1-28-19-8-2-16(3-9-19)20(26)24-12-13-25-21(27)22(10-14-29-15-11-22)17-4-6-18(23)7-5-17/h2-9H,10-15H2,1H3,(H,24,26)(H,25,27). The van der Waals surface area contributed by atoms with Crippen molar-refractivity contribution in [1.29, 1.82) is 0 Å². The Kier molecular flexibility index (Phi) is 7.28. The maximum absolute atomic E-state index is 13.1. The zero-order valence-corrected chi connectivity index (χ0v) is 18.0. The van der Waals surface area contributed by atoms with Gasteiger partial charge in [0, 0.05) is 36.3 Å². The minimum absolute atomic E-state index is 0.0261. The van der Waals surface area contributed by atoms with Crippen LogP contribution >= 0.6 is 15.9 Å². The first-order valence-corrected chi connectivity index (χ1v) is 10.4.